The fourth-order valence-electron chi connectivity index (χ4n) is 2.12. The largest absolute Gasteiger partial charge is 0.476 e. The molecule has 0 bridgehead atoms. The number of aromatic nitrogens is 2. The fraction of sp³-hybridized carbons (Fsp3) is 0. The summed E-state index contributed by atoms with van der Waals surface area (Å²) in [5.74, 6) is -1.03. The lowest BCUT2D eigenvalue weighted by Gasteiger charge is -2.05. The standard InChI is InChI=1S/C14H10N2O2/c17-14(18)13-12(8-15-16-13)11-7-3-5-9-4-1-2-6-10(9)11/h1-8H,(H,15,16)(H,17,18). The van der Waals surface area contributed by atoms with E-state index in [1.54, 1.807) is 6.20 Å². The topological polar surface area (TPSA) is 66.0 Å². The Labute approximate surface area is 103 Å². The molecule has 4 heteroatoms. The van der Waals surface area contributed by atoms with E-state index in [-0.39, 0.29) is 5.69 Å². The van der Waals surface area contributed by atoms with Crippen LogP contribution in [0.3, 0.4) is 0 Å². The molecule has 0 fully saturated rings. The summed E-state index contributed by atoms with van der Waals surface area (Å²) in [7, 11) is 0. The Bertz CT molecular complexity index is 726. The predicted molar refractivity (Wildman–Crippen MR) is 68.5 cm³/mol. The zero-order valence-corrected chi connectivity index (χ0v) is 9.42. The van der Waals surface area contributed by atoms with Gasteiger partial charge in [-0.15, -0.1) is 0 Å². The molecule has 3 rings (SSSR count). The minimum Gasteiger partial charge on any atom is -0.476 e. The van der Waals surface area contributed by atoms with E-state index in [2.05, 4.69) is 10.2 Å². The number of carboxylic acids is 1. The average molecular weight is 238 g/mol. The van der Waals surface area contributed by atoms with Crippen LogP contribution in [0, 0.1) is 0 Å². The van der Waals surface area contributed by atoms with E-state index >= 15 is 0 Å². The van der Waals surface area contributed by atoms with E-state index < -0.39 is 5.97 Å². The molecule has 1 heterocycles. The number of carbonyl (C=O) groups is 1. The van der Waals surface area contributed by atoms with Crippen LogP contribution in [0.5, 0.6) is 0 Å². The number of aromatic amines is 1. The van der Waals surface area contributed by atoms with Gasteiger partial charge in [0, 0.05) is 11.8 Å². The normalized spacial score (nSPS) is 10.7. The lowest BCUT2D eigenvalue weighted by Crippen LogP contribution is -1.99. The first-order valence-corrected chi connectivity index (χ1v) is 5.52. The van der Waals surface area contributed by atoms with Crippen molar-refractivity contribution in [1.82, 2.24) is 10.2 Å². The molecule has 88 valence electrons. The number of aromatic carboxylic acids is 1. The van der Waals surface area contributed by atoms with Crippen LogP contribution in [-0.4, -0.2) is 21.3 Å². The van der Waals surface area contributed by atoms with Gasteiger partial charge in [-0.1, -0.05) is 42.5 Å². The summed E-state index contributed by atoms with van der Waals surface area (Å²) >= 11 is 0. The molecule has 3 aromatic rings. The lowest BCUT2D eigenvalue weighted by molar-refractivity contribution is 0.0691. The Morgan fingerprint density at radius 2 is 1.83 bits per heavy atom. The number of nitrogens with one attached hydrogen (secondary N) is 1. The summed E-state index contributed by atoms with van der Waals surface area (Å²) < 4.78 is 0. The number of rotatable bonds is 2. The lowest BCUT2D eigenvalue weighted by atomic mass is 9.99. The van der Waals surface area contributed by atoms with Crippen LogP contribution < -0.4 is 0 Å². The van der Waals surface area contributed by atoms with E-state index in [1.807, 2.05) is 42.5 Å². The number of nitrogens with zero attached hydrogens (tertiary/aromatic N) is 1. The number of carboxylic acid groups (broad SMARTS) is 1. The monoisotopic (exact) mass is 238 g/mol. The molecule has 0 saturated carbocycles. The second-order valence-corrected chi connectivity index (χ2v) is 3.98. The van der Waals surface area contributed by atoms with Crippen LogP contribution in [0.15, 0.2) is 48.7 Å². The van der Waals surface area contributed by atoms with Crippen molar-refractivity contribution in [2.75, 3.05) is 0 Å². The second-order valence-electron chi connectivity index (χ2n) is 3.98. The van der Waals surface area contributed by atoms with Gasteiger partial charge < -0.3 is 5.11 Å². The third-order valence-corrected chi connectivity index (χ3v) is 2.92. The summed E-state index contributed by atoms with van der Waals surface area (Å²) in [4.78, 5) is 11.1. The zero-order chi connectivity index (χ0) is 12.5. The molecule has 0 unspecified atom stereocenters. The minimum atomic E-state index is -1.03. The highest BCUT2D eigenvalue weighted by Gasteiger charge is 2.16. The molecule has 0 aliphatic rings. The van der Waals surface area contributed by atoms with Gasteiger partial charge in [0.1, 0.15) is 0 Å². The fourth-order valence-corrected chi connectivity index (χ4v) is 2.12. The molecular formula is C14H10N2O2. The van der Waals surface area contributed by atoms with Gasteiger partial charge in [-0.05, 0) is 16.3 Å². The third kappa shape index (κ3) is 1.55. The van der Waals surface area contributed by atoms with Crippen LogP contribution in [0.2, 0.25) is 0 Å². The van der Waals surface area contributed by atoms with Gasteiger partial charge in [0.2, 0.25) is 0 Å². The molecule has 0 aliphatic heterocycles. The molecule has 0 spiro atoms. The summed E-state index contributed by atoms with van der Waals surface area (Å²) in [6.45, 7) is 0. The summed E-state index contributed by atoms with van der Waals surface area (Å²) in [5.41, 5.74) is 1.53. The Hall–Kier alpha value is -2.62. The van der Waals surface area contributed by atoms with Crippen LogP contribution in [0.1, 0.15) is 10.5 Å². The van der Waals surface area contributed by atoms with Gasteiger partial charge in [0.25, 0.3) is 0 Å². The first-order chi connectivity index (χ1) is 8.77. The van der Waals surface area contributed by atoms with Gasteiger partial charge >= 0.3 is 5.97 Å². The van der Waals surface area contributed by atoms with Gasteiger partial charge in [0.15, 0.2) is 5.69 Å². The Morgan fingerprint density at radius 1 is 1.06 bits per heavy atom. The first-order valence-electron chi connectivity index (χ1n) is 5.52. The molecule has 18 heavy (non-hydrogen) atoms. The first kappa shape index (κ1) is 10.5. The van der Waals surface area contributed by atoms with Crippen molar-refractivity contribution in [2.24, 2.45) is 0 Å². The Morgan fingerprint density at radius 3 is 2.67 bits per heavy atom. The van der Waals surface area contributed by atoms with Crippen molar-refractivity contribution in [3.63, 3.8) is 0 Å². The molecule has 0 amide bonds. The van der Waals surface area contributed by atoms with Gasteiger partial charge in [0.05, 0.1) is 0 Å². The number of benzene rings is 2. The van der Waals surface area contributed by atoms with Crippen molar-refractivity contribution < 1.29 is 9.90 Å². The number of fused-ring (bicyclic) bond motifs is 1. The molecule has 2 aromatic carbocycles. The van der Waals surface area contributed by atoms with Gasteiger partial charge in [-0.25, -0.2) is 4.79 Å². The molecule has 0 radical (unpaired) electrons. The average Bonchev–Trinajstić information content (AvgIpc) is 2.87. The predicted octanol–water partition coefficient (Wildman–Crippen LogP) is 2.93. The minimum absolute atomic E-state index is 0.0475. The molecule has 0 saturated heterocycles. The summed E-state index contributed by atoms with van der Waals surface area (Å²) in [6, 6.07) is 13.7. The summed E-state index contributed by atoms with van der Waals surface area (Å²) in [5, 5.41) is 17.6. The Balaban J connectivity index is 2.32. The smallest absolute Gasteiger partial charge is 0.357 e. The van der Waals surface area contributed by atoms with E-state index in [9.17, 15) is 4.79 Å². The molecule has 1 aromatic heterocycles. The second kappa shape index (κ2) is 4.00. The zero-order valence-electron chi connectivity index (χ0n) is 9.42. The van der Waals surface area contributed by atoms with Crippen LogP contribution in [-0.2, 0) is 0 Å². The van der Waals surface area contributed by atoms with Crippen molar-refractivity contribution >= 4 is 16.7 Å². The molecular weight excluding hydrogens is 228 g/mol. The maximum atomic E-state index is 11.1. The number of hydrogen-bond donors (Lipinski definition) is 2. The quantitative estimate of drug-likeness (QED) is 0.721. The van der Waals surface area contributed by atoms with Crippen LogP contribution >= 0.6 is 0 Å². The van der Waals surface area contributed by atoms with Crippen molar-refractivity contribution in [2.45, 2.75) is 0 Å². The van der Waals surface area contributed by atoms with Crippen LogP contribution in [0.4, 0.5) is 0 Å². The SMILES string of the molecule is O=C(O)c1n[nH]cc1-c1cccc2ccccc12. The van der Waals surface area contributed by atoms with Crippen LogP contribution in [0.25, 0.3) is 21.9 Å². The van der Waals surface area contributed by atoms with Crippen molar-refractivity contribution in [3.05, 3.63) is 54.4 Å². The molecule has 0 atom stereocenters. The number of hydrogen-bond acceptors (Lipinski definition) is 2. The summed E-state index contributed by atoms with van der Waals surface area (Å²) in [6.07, 6.45) is 1.62. The van der Waals surface area contributed by atoms with Crippen molar-refractivity contribution in [3.8, 4) is 11.1 Å². The highest BCUT2D eigenvalue weighted by atomic mass is 16.4. The van der Waals surface area contributed by atoms with E-state index in [4.69, 9.17) is 5.11 Å². The highest BCUT2D eigenvalue weighted by Crippen LogP contribution is 2.29. The van der Waals surface area contributed by atoms with Gasteiger partial charge in [-0.2, -0.15) is 5.10 Å². The maximum Gasteiger partial charge on any atom is 0.357 e. The highest BCUT2D eigenvalue weighted by molar-refractivity contribution is 6.02. The van der Waals surface area contributed by atoms with Crippen molar-refractivity contribution in [1.29, 1.82) is 0 Å². The molecule has 0 aliphatic carbocycles. The van der Waals surface area contributed by atoms with E-state index in [0.717, 1.165) is 16.3 Å². The van der Waals surface area contributed by atoms with Gasteiger partial charge in [-0.3, -0.25) is 5.10 Å². The maximum absolute atomic E-state index is 11.1. The van der Waals surface area contributed by atoms with E-state index in [1.165, 1.54) is 0 Å². The van der Waals surface area contributed by atoms with E-state index in [0.29, 0.717) is 5.56 Å². The number of H-pyrrole nitrogens is 1. The molecule has 2 N–H and O–H groups in total. The Kier molecular flexibility index (Phi) is 2.34. The molecule has 4 nitrogen and oxygen atoms in total. The third-order valence-electron chi connectivity index (χ3n) is 2.92.